The number of halogens is 2. The van der Waals surface area contributed by atoms with Crippen molar-refractivity contribution in [2.75, 3.05) is 27.3 Å². The Hall–Kier alpha value is -2.44. The van der Waals surface area contributed by atoms with E-state index in [1.807, 2.05) is 13.8 Å². The molecule has 156 valence electrons. The molecule has 0 spiro atoms. The van der Waals surface area contributed by atoms with Gasteiger partial charge in [-0.3, -0.25) is 9.59 Å². The van der Waals surface area contributed by atoms with Gasteiger partial charge in [-0.2, -0.15) is 0 Å². The van der Waals surface area contributed by atoms with Crippen molar-refractivity contribution in [3.8, 4) is 11.5 Å². The van der Waals surface area contributed by atoms with Crippen LogP contribution in [0.15, 0.2) is 36.4 Å². The molecule has 0 aromatic heterocycles. The van der Waals surface area contributed by atoms with Gasteiger partial charge in [0.15, 0.2) is 0 Å². The smallest absolute Gasteiger partial charge is 0.255 e. The summed E-state index contributed by atoms with van der Waals surface area (Å²) in [5.41, 5.74) is 0.287. The fourth-order valence-electron chi connectivity index (χ4n) is 2.61. The molecule has 0 heterocycles. The lowest BCUT2D eigenvalue weighted by Crippen LogP contribution is -2.42. The number of rotatable bonds is 8. The average Bonchev–Trinajstić information content (AvgIpc) is 2.70. The zero-order valence-corrected chi connectivity index (χ0v) is 18.3. The zero-order chi connectivity index (χ0) is 21.6. The summed E-state index contributed by atoms with van der Waals surface area (Å²) in [4.78, 5) is 25.1. The highest BCUT2D eigenvalue weighted by molar-refractivity contribution is 6.31. The molecule has 2 rings (SSSR count). The van der Waals surface area contributed by atoms with Crippen molar-refractivity contribution >= 4 is 35.0 Å². The van der Waals surface area contributed by atoms with Gasteiger partial charge in [0.25, 0.3) is 11.8 Å². The first-order valence-corrected chi connectivity index (χ1v) is 9.66. The molecule has 2 aromatic rings. The van der Waals surface area contributed by atoms with Crippen LogP contribution in [0.4, 0.5) is 0 Å². The third-order valence-electron chi connectivity index (χ3n) is 4.27. The fourth-order valence-corrected chi connectivity index (χ4v) is 2.95. The first kappa shape index (κ1) is 22.8. The van der Waals surface area contributed by atoms with E-state index in [2.05, 4.69) is 10.6 Å². The summed E-state index contributed by atoms with van der Waals surface area (Å²) in [5, 5.41) is 6.61. The topological polar surface area (TPSA) is 76.7 Å². The van der Waals surface area contributed by atoms with Gasteiger partial charge in [-0.1, -0.05) is 37.0 Å². The van der Waals surface area contributed by atoms with Crippen LogP contribution >= 0.6 is 23.2 Å². The number of nitrogens with one attached hydrogen (secondary N) is 2. The van der Waals surface area contributed by atoms with Crippen molar-refractivity contribution in [3.05, 3.63) is 57.6 Å². The maximum atomic E-state index is 12.5. The normalized spacial score (nSPS) is 11.0. The van der Waals surface area contributed by atoms with E-state index in [1.54, 1.807) is 36.4 Å². The molecule has 0 bridgehead atoms. The number of carbonyl (C=O) groups excluding carboxylic acids is 2. The van der Waals surface area contributed by atoms with E-state index in [0.717, 1.165) is 0 Å². The highest BCUT2D eigenvalue weighted by atomic mass is 35.5. The first-order valence-electron chi connectivity index (χ1n) is 8.90. The van der Waals surface area contributed by atoms with Crippen LogP contribution in [0.1, 0.15) is 34.6 Å². The van der Waals surface area contributed by atoms with E-state index < -0.39 is 5.41 Å². The Kier molecular flexibility index (Phi) is 7.76. The van der Waals surface area contributed by atoms with Gasteiger partial charge in [-0.25, -0.2) is 0 Å². The van der Waals surface area contributed by atoms with E-state index in [4.69, 9.17) is 32.7 Å². The Morgan fingerprint density at radius 2 is 1.21 bits per heavy atom. The van der Waals surface area contributed by atoms with E-state index in [0.29, 0.717) is 45.8 Å². The molecule has 0 aliphatic rings. The first-order chi connectivity index (χ1) is 13.7. The predicted octanol–water partition coefficient (Wildman–Crippen LogP) is 4.20. The molecule has 2 aromatic carbocycles. The third kappa shape index (κ3) is 6.27. The van der Waals surface area contributed by atoms with Crippen LogP contribution in [0.3, 0.4) is 0 Å². The predicted molar refractivity (Wildman–Crippen MR) is 114 cm³/mol. The van der Waals surface area contributed by atoms with Crippen molar-refractivity contribution in [3.63, 3.8) is 0 Å². The molecule has 2 N–H and O–H groups in total. The second-order valence-electron chi connectivity index (χ2n) is 7.22. The van der Waals surface area contributed by atoms with Crippen LogP contribution < -0.4 is 20.1 Å². The highest BCUT2D eigenvalue weighted by Gasteiger charge is 2.23. The summed E-state index contributed by atoms with van der Waals surface area (Å²) in [6.45, 7) is 4.51. The van der Waals surface area contributed by atoms with Crippen LogP contribution in [0.5, 0.6) is 11.5 Å². The summed E-state index contributed by atoms with van der Waals surface area (Å²) in [7, 11) is 2.98. The van der Waals surface area contributed by atoms with Gasteiger partial charge in [0.05, 0.1) is 25.3 Å². The zero-order valence-electron chi connectivity index (χ0n) is 16.8. The number of amides is 2. The number of ether oxygens (including phenoxy) is 2. The van der Waals surface area contributed by atoms with E-state index in [9.17, 15) is 9.59 Å². The Morgan fingerprint density at radius 1 is 0.828 bits per heavy atom. The van der Waals surface area contributed by atoms with Crippen molar-refractivity contribution in [1.82, 2.24) is 10.6 Å². The molecule has 0 aliphatic carbocycles. The van der Waals surface area contributed by atoms with Gasteiger partial charge >= 0.3 is 0 Å². The van der Waals surface area contributed by atoms with Crippen LogP contribution in [0, 0.1) is 5.41 Å². The van der Waals surface area contributed by atoms with Gasteiger partial charge in [-0.05, 0) is 41.8 Å². The van der Waals surface area contributed by atoms with Crippen LogP contribution in [-0.2, 0) is 0 Å². The van der Waals surface area contributed by atoms with Gasteiger partial charge in [0, 0.05) is 23.1 Å². The number of hydrogen-bond acceptors (Lipinski definition) is 4. The van der Waals surface area contributed by atoms with Gasteiger partial charge in [0.2, 0.25) is 0 Å². The highest BCUT2D eigenvalue weighted by Crippen LogP contribution is 2.24. The Morgan fingerprint density at radius 3 is 1.55 bits per heavy atom. The van der Waals surface area contributed by atoms with Crippen LogP contribution in [0.2, 0.25) is 10.0 Å². The third-order valence-corrected chi connectivity index (χ3v) is 4.74. The van der Waals surface area contributed by atoms with Crippen molar-refractivity contribution in [2.45, 2.75) is 13.8 Å². The molecule has 29 heavy (non-hydrogen) atoms. The van der Waals surface area contributed by atoms with E-state index in [1.165, 1.54) is 14.2 Å². The van der Waals surface area contributed by atoms with E-state index in [-0.39, 0.29) is 11.8 Å². The van der Waals surface area contributed by atoms with Crippen molar-refractivity contribution < 1.29 is 19.1 Å². The number of methoxy groups -OCH3 is 2. The molecule has 2 amide bonds. The minimum Gasteiger partial charge on any atom is -0.496 e. The molecule has 0 aliphatic heterocycles. The maximum absolute atomic E-state index is 12.5. The van der Waals surface area contributed by atoms with Crippen LogP contribution in [-0.4, -0.2) is 39.1 Å². The standard InChI is InChI=1S/C21H24Cl2N2O4/c1-21(2,11-24-19(26)15-9-13(22)5-7-17(15)28-3)12-25-20(27)16-10-14(23)6-8-18(16)29-4/h5-10H,11-12H2,1-4H3,(H,24,26)(H,25,27). The maximum Gasteiger partial charge on any atom is 0.255 e. The molecule has 0 fully saturated rings. The van der Waals surface area contributed by atoms with Crippen molar-refractivity contribution in [1.29, 1.82) is 0 Å². The average molecular weight is 439 g/mol. The van der Waals surface area contributed by atoms with Gasteiger partial charge in [0.1, 0.15) is 11.5 Å². The summed E-state index contributed by atoms with van der Waals surface area (Å²) in [6, 6.07) is 9.69. The number of benzene rings is 2. The lowest BCUT2D eigenvalue weighted by atomic mass is 9.93. The quantitative estimate of drug-likeness (QED) is 0.647. The Balaban J connectivity index is 1.98. The SMILES string of the molecule is COc1ccc(Cl)cc1C(=O)NCC(C)(C)CNC(=O)c1cc(Cl)ccc1OC. The van der Waals surface area contributed by atoms with Gasteiger partial charge < -0.3 is 20.1 Å². The minimum atomic E-state index is -0.414. The Bertz CT molecular complexity index is 829. The molecule has 0 saturated carbocycles. The molecule has 0 atom stereocenters. The monoisotopic (exact) mass is 438 g/mol. The van der Waals surface area contributed by atoms with Crippen molar-refractivity contribution in [2.24, 2.45) is 5.41 Å². The molecule has 8 heteroatoms. The fraction of sp³-hybridized carbons (Fsp3) is 0.333. The summed E-state index contributed by atoms with van der Waals surface area (Å²) in [6.07, 6.45) is 0. The largest absolute Gasteiger partial charge is 0.496 e. The second kappa shape index (κ2) is 9.85. The Labute approximate surface area is 180 Å². The van der Waals surface area contributed by atoms with Crippen LogP contribution in [0.25, 0.3) is 0 Å². The molecular weight excluding hydrogens is 415 g/mol. The molecular formula is C21H24Cl2N2O4. The molecule has 6 nitrogen and oxygen atoms in total. The second-order valence-corrected chi connectivity index (χ2v) is 8.09. The number of hydrogen-bond donors (Lipinski definition) is 2. The van der Waals surface area contributed by atoms with E-state index >= 15 is 0 Å². The summed E-state index contributed by atoms with van der Waals surface area (Å²) in [5.74, 6) is 0.262. The lowest BCUT2D eigenvalue weighted by Gasteiger charge is -2.25. The summed E-state index contributed by atoms with van der Waals surface area (Å²) >= 11 is 12.0. The number of carbonyl (C=O) groups is 2. The molecule has 0 radical (unpaired) electrons. The minimum absolute atomic E-state index is 0.305. The summed E-state index contributed by atoms with van der Waals surface area (Å²) < 4.78 is 10.4. The molecule has 0 unspecified atom stereocenters. The lowest BCUT2D eigenvalue weighted by molar-refractivity contribution is 0.0917. The van der Waals surface area contributed by atoms with Gasteiger partial charge in [-0.15, -0.1) is 0 Å². The molecule has 0 saturated heterocycles.